The van der Waals surface area contributed by atoms with E-state index in [2.05, 4.69) is 12.2 Å². The van der Waals surface area contributed by atoms with Gasteiger partial charge in [-0.1, -0.05) is 19.4 Å². The van der Waals surface area contributed by atoms with Gasteiger partial charge in [0.05, 0.1) is 5.92 Å². The number of amides is 2. The molecule has 0 radical (unpaired) electrons. The molecule has 1 aromatic rings. The number of carbonyl (C=O) groups excluding carboxylic acids is 2. The zero-order valence-corrected chi connectivity index (χ0v) is 15.9. The molecule has 3 rings (SSSR count). The van der Waals surface area contributed by atoms with Crippen molar-refractivity contribution in [1.29, 1.82) is 0 Å². The van der Waals surface area contributed by atoms with Crippen molar-refractivity contribution in [3.63, 3.8) is 0 Å². The maximum absolute atomic E-state index is 12.3. The van der Waals surface area contributed by atoms with Gasteiger partial charge in [-0.15, -0.1) is 0 Å². The van der Waals surface area contributed by atoms with Gasteiger partial charge in [0, 0.05) is 39.3 Å². The molecule has 1 aromatic carbocycles. The lowest BCUT2D eigenvalue weighted by Gasteiger charge is -2.17. The van der Waals surface area contributed by atoms with Crippen LogP contribution in [0.15, 0.2) is 18.2 Å². The van der Waals surface area contributed by atoms with Crippen LogP contribution in [0.1, 0.15) is 38.2 Å². The van der Waals surface area contributed by atoms with Gasteiger partial charge in [0.1, 0.15) is 0 Å². The van der Waals surface area contributed by atoms with Crippen molar-refractivity contribution in [3.05, 3.63) is 23.8 Å². The highest BCUT2D eigenvalue weighted by Crippen LogP contribution is 2.33. The molecule has 7 heteroatoms. The van der Waals surface area contributed by atoms with E-state index >= 15 is 0 Å². The molecule has 148 valence electrons. The van der Waals surface area contributed by atoms with E-state index in [1.165, 1.54) is 0 Å². The number of carbonyl (C=O) groups is 2. The van der Waals surface area contributed by atoms with E-state index in [0.717, 1.165) is 37.2 Å². The maximum Gasteiger partial charge on any atom is 0.231 e. The predicted molar refractivity (Wildman–Crippen MR) is 99.4 cm³/mol. The highest BCUT2D eigenvalue weighted by Gasteiger charge is 2.34. The Morgan fingerprint density at radius 1 is 1.26 bits per heavy atom. The molecule has 7 nitrogen and oxygen atoms in total. The molecule has 0 aromatic heterocycles. The van der Waals surface area contributed by atoms with Crippen LogP contribution >= 0.6 is 0 Å². The van der Waals surface area contributed by atoms with E-state index in [-0.39, 0.29) is 30.9 Å². The van der Waals surface area contributed by atoms with Gasteiger partial charge >= 0.3 is 0 Å². The Hall–Kier alpha value is -2.28. The van der Waals surface area contributed by atoms with Crippen LogP contribution in [0.2, 0.25) is 0 Å². The van der Waals surface area contributed by atoms with Gasteiger partial charge in [0.15, 0.2) is 11.5 Å². The van der Waals surface area contributed by atoms with Crippen LogP contribution in [0.3, 0.4) is 0 Å². The number of nitrogens with one attached hydrogen (secondary N) is 1. The molecule has 0 bridgehead atoms. The lowest BCUT2D eigenvalue weighted by atomic mass is 10.1. The van der Waals surface area contributed by atoms with Crippen LogP contribution in [0, 0.1) is 5.92 Å². The summed E-state index contributed by atoms with van der Waals surface area (Å²) in [5.74, 6) is 1.10. The zero-order chi connectivity index (χ0) is 19.1. The first kappa shape index (κ1) is 19.5. The first-order valence-electron chi connectivity index (χ1n) is 9.69. The number of nitrogens with zero attached hydrogens (tertiary/aromatic N) is 1. The first-order chi connectivity index (χ1) is 13.2. The van der Waals surface area contributed by atoms with Crippen molar-refractivity contribution in [2.45, 2.75) is 39.2 Å². The van der Waals surface area contributed by atoms with Gasteiger partial charge in [-0.25, -0.2) is 0 Å². The molecule has 2 amide bonds. The molecular weight excluding hydrogens is 348 g/mol. The van der Waals surface area contributed by atoms with Crippen LogP contribution in [-0.4, -0.2) is 49.8 Å². The number of fused-ring (bicyclic) bond motifs is 1. The van der Waals surface area contributed by atoms with Gasteiger partial charge in [0.25, 0.3) is 0 Å². The Kier molecular flexibility index (Phi) is 6.92. The number of rotatable bonds is 10. The van der Waals surface area contributed by atoms with E-state index in [1.807, 2.05) is 18.2 Å². The van der Waals surface area contributed by atoms with Crippen molar-refractivity contribution < 1.29 is 23.8 Å². The third-order valence-corrected chi connectivity index (χ3v) is 4.80. The number of likely N-dealkylation sites (tertiary alicyclic amines) is 1. The van der Waals surface area contributed by atoms with Crippen molar-refractivity contribution in [1.82, 2.24) is 10.2 Å². The van der Waals surface area contributed by atoms with Crippen LogP contribution in [0.5, 0.6) is 11.5 Å². The summed E-state index contributed by atoms with van der Waals surface area (Å²) in [6.07, 6.45) is 3.24. The lowest BCUT2D eigenvalue weighted by molar-refractivity contribution is -0.129. The van der Waals surface area contributed by atoms with Gasteiger partial charge in [0.2, 0.25) is 18.6 Å². The largest absolute Gasteiger partial charge is 0.454 e. The average molecular weight is 376 g/mol. The van der Waals surface area contributed by atoms with Crippen LogP contribution in [-0.2, 0) is 20.9 Å². The minimum Gasteiger partial charge on any atom is -0.454 e. The summed E-state index contributed by atoms with van der Waals surface area (Å²) in [5, 5.41) is 2.92. The zero-order valence-electron chi connectivity index (χ0n) is 15.9. The summed E-state index contributed by atoms with van der Waals surface area (Å²) in [6.45, 7) is 5.29. The van der Waals surface area contributed by atoms with Gasteiger partial charge in [-0.2, -0.15) is 0 Å². The topological polar surface area (TPSA) is 77.1 Å². The average Bonchev–Trinajstić information content (AvgIpc) is 3.27. The lowest BCUT2D eigenvalue weighted by Crippen LogP contribution is -2.33. The molecule has 1 fully saturated rings. The molecule has 27 heavy (non-hydrogen) atoms. The molecule has 0 saturated carbocycles. The van der Waals surface area contributed by atoms with Crippen molar-refractivity contribution in [2.24, 2.45) is 5.92 Å². The standard InChI is InChI=1S/C20H28N2O5/c1-2-3-8-25-9-4-7-21-20(24)16-11-19(23)22(13-16)12-15-5-6-17-18(10-15)27-14-26-17/h5-6,10,16H,2-4,7-9,11-14H2,1H3,(H,21,24). The van der Waals surface area contributed by atoms with E-state index < -0.39 is 0 Å². The monoisotopic (exact) mass is 376 g/mol. The van der Waals surface area contributed by atoms with Crippen molar-refractivity contribution in [3.8, 4) is 11.5 Å². The Labute approximate surface area is 160 Å². The van der Waals surface area contributed by atoms with Gasteiger partial charge in [-0.05, 0) is 30.5 Å². The van der Waals surface area contributed by atoms with E-state index in [4.69, 9.17) is 14.2 Å². The number of hydrogen-bond acceptors (Lipinski definition) is 5. The van der Waals surface area contributed by atoms with E-state index in [9.17, 15) is 9.59 Å². The predicted octanol–water partition coefficient (Wildman–Crippen LogP) is 2.09. The maximum atomic E-state index is 12.3. The summed E-state index contributed by atoms with van der Waals surface area (Å²) in [6, 6.07) is 5.67. The number of benzene rings is 1. The number of unbranched alkanes of at least 4 members (excludes halogenated alkanes) is 1. The van der Waals surface area contributed by atoms with Gasteiger partial charge < -0.3 is 24.4 Å². The van der Waals surface area contributed by atoms with Crippen LogP contribution in [0.25, 0.3) is 0 Å². The number of ether oxygens (including phenoxy) is 3. The van der Waals surface area contributed by atoms with E-state index in [1.54, 1.807) is 4.90 Å². The molecule has 2 heterocycles. The Balaban J connectivity index is 1.40. The quantitative estimate of drug-likeness (QED) is 0.633. The second-order valence-electron chi connectivity index (χ2n) is 6.97. The summed E-state index contributed by atoms with van der Waals surface area (Å²) in [4.78, 5) is 26.3. The summed E-state index contributed by atoms with van der Waals surface area (Å²) < 4.78 is 16.2. The summed E-state index contributed by atoms with van der Waals surface area (Å²) in [7, 11) is 0. The molecular formula is C20H28N2O5. The highest BCUT2D eigenvalue weighted by molar-refractivity contribution is 5.89. The fraction of sp³-hybridized carbons (Fsp3) is 0.600. The smallest absolute Gasteiger partial charge is 0.231 e. The Morgan fingerprint density at radius 2 is 2.07 bits per heavy atom. The first-order valence-corrected chi connectivity index (χ1v) is 9.69. The summed E-state index contributed by atoms with van der Waals surface area (Å²) in [5.41, 5.74) is 0.970. The minimum atomic E-state index is -0.285. The van der Waals surface area contributed by atoms with E-state index in [0.29, 0.717) is 32.0 Å². The molecule has 1 atom stereocenters. The third kappa shape index (κ3) is 5.35. The molecule has 2 aliphatic rings. The van der Waals surface area contributed by atoms with Gasteiger partial charge in [-0.3, -0.25) is 9.59 Å². The van der Waals surface area contributed by atoms with Crippen LogP contribution in [0.4, 0.5) is 0 Å². The molecule has 0 aliphatic carbocycles. The van der Waals surface area contributed by atoms with Crippen molar-refractivity contribution in [2.75, 3.05) is 33.1 Å². The summed E-state index contributed by atoms with van der Waals surface area (Å²) >= 11 is 0. The SMILES string of the molecule is CCCCOCCCNC(=O)C1CC(=O)N(Cc2ccc3c(c2)OCO3)C1. The molecule has 0 spiro atoms. The molecule has 1 saturated heterocycles. The highest BCUT2D eigenvalue weighted by atomic mass is 16.7. The normalized spacial score (nSPS) is 18.2. The molecule has 1 N–H and O–H groups in total. The third-order valence-electron chi connectivity index (χ3n) is 4.80. The Morgan fingerprint density at radius 3 is 2.93 bits per heavy atom. The number of hydrogen-bond donors (Lipinski definition) is 1. The fourth-order valence-corrected chi connectivity index (χ4v) is 3.24. The Bertz CT molecular complexity index is 664. The van der Waals surface area contributed by atoms with Crippen molar-refractivity contribution >= 4 is 11.8 Å². The molecule has 2 aliphatic heterocycles. The fourth-order valence-electron chi connectivity index (χ4n) is 3.24. The minimum absolute atomic E-state index is 0.00992. The second kappa shape index (κ2) is 9.60. The van der Waals surface area contributed by atoms with Crippen LogP contribution < -0.4 is 14.8 Å². The molecule has 1 unspecified atom stereocenters. The second-order valence-corrected chi connectivity index (χ2v) is 6.97.